The van der Waals surface area contributed by atoms with E-state index >= 15 is 0 Å². The Bertz CT molecular complexity index is 1630. The van der Waals surface area contributed by atoms with Gasteiger partial charge in [0.15, 0.2) is 6.23 Å². The number of carbonyl (C=O) groups excluding carboxylic acids is 1. The Labute approximate surface area is 285 Å². The second-order valence-corrected chi connectivity index (χ2v) is 15.1. The summed E-state index contributed by atoms with van der Waals surface area (Å²) in [6, 6.07) is 12.9. The number of aromatic nitrogens is 2. The largest absolute Gasteiger partial charge is 0.496 e. The standard InChI is InChI=1S/C37H51BN4O6/c1-35(2,3)46-34(43)41-20-18-40(19-21-41)25-26-12-14-28(32(23-26)44-8)27-13-15-31-29(24-27)30(39-42(31)33-11-9-10-22-45-33)16-17-38-47-36(4,5)37(6,7)48-38/h12-17,23-24,33H,9-11,18-22,25H2,1-8H3/b17-16+. The number of fused-ring (bicyclic) bond motifs is 1. The number of benzene rings is 2. The molecule has 0 saturated carbocycles. The summed E-state index contributed by atoms with van der Waals surface area (Å²) in [5.74, 6) is 2.77. The summed E-state index contributed by atoms with van der Waals surface area (Å²) in [5.41, 5.74) is 3.78. The van der Waals surface area contributed by atoms with Gasteiger partial charge in [0.1, 0.15) is 11.4 Å². The highest BCUT2D eigenvalue weighted by Crippen LogP contribution is 2.38. The van der Waals surface area contributed by atoms with Crippen LogP contribution < -0.4 is 4.74 Å². The molecular weight excluding hydrogens is 607 g/mol. The van der Waals surface area contributed by atoms with Crippen LogP contribution in [0.1, 0.15) is 85.2 Å². The molecule has 1 atom stereocenters. The second kappa shape index (κ2) is 13.5. The predicted octanol–water partition coefficient (Wildman–Crippen LogP) is 7.11. The number of ether oxygens (including phenoxy) is 3. The van der Waals surface area contributed by atoms with Crippen molar-refractivity contribution in [2.75, 3.05) is 39.9 Å². The van der Waals surface area contributed by atoms with E-state index in [0.717, 1.165) is 84.5 Å². The van der Waals surface area contributed by atoms with E-state index in [4.69, 9.17) is 28.6 Å². The highest BCUT2D eigenvalue weighted by atomic mass is 16.7. The van der Waals surface area contributed by atoms with Crippen molar-refractivity contribution in [2.45, 2.75) is 97.3 Å². The van der Waals surface area contributed by atoms with E-state index in [1.165, 1.54) is 0 Å². The predicted molar refractivity (Wildman–Crippen MR) is 189 cm³/mol. The zero-order chi connectivity index (χ0) is 34.3. The van der Waals surface area contributed by atoms with Gasteiger partial charge >= 0.3 is 13.2 Å². The zero-order valence-corrected chi connectivity index (χ0v) is 29.9. The molecule has 3 fully saturated rings. The molecule has 10 nitrogen and oxygen atoms in total. The van der Waals surface area contributed by atoms with Gasteiger partial charge in [-0.2, -0.15) is 5.10 Å². The number of carbonyl (C=O) groups is 1. The lowest BCUT2D eigenvalue weighted by Crippen LogP contribution is -2.49. The van der Waals surface area contributed by atoms with Crippen molar-refractivity contribution < 1.29 is 28.3 Å². The van der Waals surface area contributed by atoms with Crippen LogP contribution in [-0.2, 0) is 25.3 Å². The highest BCUT2D eigenvalue weighted by Gasteiger charge is 2.50. The van der Waals surface area contributed by atoms with Crippen molar-refractivity contribution in [2.24, 2.45) is 0 Å². The van der Waals surface area contributed by atoms with Crippen molar-refractivity contribution >= 4 is 30.2 Å². The van der Waals surface area contributed by atoms with Gasteiger partial charge < -0.3 is 28.4 Å². The van der Waals surface area contributed by atoms with Gasteiger partial charge in [0.25, 0.3) is 0 Å². The molecule has 1 amide bonds. The molecular formula is C37H51BN4O6. The van der Waals surface area contributed by atoms with Gasteiger partial charge in [-0.25, -0.2) is 9.48 Å². The van der Waals surface area contributed by atoms with E-state index in [0.29, 0.717) is 13.1 Å². The summed E-state index contributed by atoms with van der Waals surface area (Å²) in [6.07, 6.45) is 4.80. The minimum atomic E-state index is -0.492. The van der Waals surface area contributed by atoms with Crippen LogP contribution in [0.25, 0.3) is 28.1 Å². The Hall–Kier alpha value is -3.38. The van der Waals surface area contributed by atoms with Crippen LogP contribution in [0.3, 0.4) is 0 Å². The number of methoxy groups -OCH3 is 1. The molecule has 1 unspecified atom stereocenters. The molecule has 48 heavy (non-hydrogen) atoms. The van der Waals surface area contributed by atoms with Crippen LogP contribution in [0.15, 0.2) is 42.4 Å². The first-order valence-electron chi connectivity index (χ1n) is 17.3. The molecule has 0 aliphatic carbocycles. The smallest absolute Gasteiger partial charge is 0.487 e. The average molecular weight is 659 g/mol. The molecule has 258 valence electrons. The number of piperazine rings is 1. The Morgan fingerprint density at radius 3 is 2.40 bits per heavy atom. The van der Waals surface area contributed by atoms with E-state index in [1.807, 2.05) is 37.5 Å². The molecule has 0 spiro atoms. The summed E-state index contributed by atoms with van der Waals surface area (Å²) in [5, 5.41) is 6.09. The SMILES string of the molecule is COc1cc(CN2CCN(C(=O)OC(C)(C)C)CC2)ccc1-c1ccc2c(c1)c(/C=C/B1OC(C)(C)C(C)(C)O1)nn2C1CCCCO1. The van der Waals surface area contributed by atoms with Crippen molar-refractivity contribution in [3.05, 3.63) is 53.6 Å². The fourth-order valence-corrected chi connectivity index (χ4v) is 6.47. The fourth-order valence-electron chi connectivity index (χ4n) is 6.47. The summed E-state index contributed by atoms with van der Waals surface area (Å²) in [7, 11) is 1.26. The molecule has 0 bridgehead atoms. The lowest BCUT2D eigenvalue weighted by atomic mass is 9.89. The van der Waals surface area contributed by atoms with E-state index in [1.54, 1.807) is 12.0 Å². The maximum absolute atomic E-state index is 12.5. The first-order valence-corrected chi connectivity index (χ1v) is 17.3. The average Bonchev–Trinajstić information content (AvgIpc) is 3.51. The normalized spacial score (nSPS) is 21.7. The molecule has 3 aliphatic heterocycles. The molecule has 6 rings (SSSR count). The quantitative estimate of drug-likeness (QED) is 0.249. The number of rotatable bonds is 7. The van der Waals surface area contributed by atoms with E-state index in [2.05, 4.69) is 69.0 Å². The van der Waals surface area contributed by atoms with Gasteiger partial charge in [-0.3, -0.25) is 4.90 Å². The van der Waals surface area contributed by atoms with Crippen molar-refractivity contribution in [1.29, 1.82) is 0 Å². The van der Waals surface area contributed by atoms with Gasteiger partial charge in [-0.1, -0.05) is 24.2 Å². The number of hydrogen-bond acceptors (Lipinski definition) is 8. The van der Waals surface area contributed by atoms with Crippen LogP contribution in [0.2, 0.25) is 0 Å². The van der Waals surface area contributed by atoms with Crippen LogP contribution in [0, 0.1) is 0 Å². The minimum absolute atomic E-state index is 0.0917. The molecule has 3 saturated heterocycles. The maximum Gasteiger partial charge on any atom is 0.487 e. The summed E-state index contributed by atoms with van der Waals surface area (Å²) in [4.78, 5) is 16.7. The first kappa shape index (κ1) is 34.5. The van der Waals surface area contributed by atoms with Crippen molar-refractivity contribution in [1.82, 2.24) is 19.6 Å². The molecule has 3 aromatic rings. The van der Waals surface area contributed by atoms with Gasteiger partial charge in [0.05, 0.1) is 29.5 Å². The lowest BCUT2D eigenvalue weighted by Gasteiger charge is -2.35. The summed E-state index contributed by atoms with van der Waals surface area (Å²) >= 11 is 0. The monoisotopic (exact) mass is 658 g/mol. The Kier molecular flexibility index (Phi) is 9.70. The lowest BCUT2D eigenvalue weighted by molar-refractivity contribution is -0.0367. The topological polar surface area (TPSA) is 87.5 Å². The summed E-state index contributed by atoms with van der Waals surface area (Å²) < 4.78 is 32.2. The number of hydrogen-bond donors (Lipinski definition) is 0. The first-order chi connectivity index (χ1) is 22.7. The van der Waals surface area contributed by atoms with Crippen LogP contribution in [-0.4, -0.2) is 89.5 Å². The molecule has 3 aliphatic rings. The van der Waals surface area contributed by atoms with E-state index in [-0.39, 0.29) is 12.3 Å². The highest BCUT2D eigenvalue weighted by molar-refractivity contribution is 6.52. The van der Waals surface area contributed by atoms with Gasteiger partial charge in [-0.15, -0.1) is 0 Å². The molecule has 1 aromatic heterocycles. The van der Waals surface area contributed by atoms with E-state index < -0.39 is 23.9 Å². The van der Waals surface area contributed by atoms with E-state index in [9.17, 15) is 4.79 Å². The van der Waals surface area contributed by atoms with Crippen LogP contribution in [0.4, 0.5) is 4.79 Å². The molecule has 0 radical (unpaired) electrons. The molecule has 2 aromatic carbocycles. The molecule has 11 heteroatoms. The Balaban J connectivity index is 1.23. The third-order valence-electron chi connectivity index (χ3n) is 9.85. The number of amides is 1. The third-order valence-corrected chi connectivity index (χ3v) is 9.85. The second-order valence-electron chi connectivity index (χ2n) is 15.1. The minimum Gasteiger partial charge on any atom is -0.496 e. The van der Waals surface area contributed by atoms with Crippen molar-refractivity contribution in [3.63, 3.8) is 0 Å². The third kappa shape index (κ3) is 7.44. The van der Waals surface area contributed by atoms with Gasteiger partial charge in [0.2, 0.25) is 0 Å². The number of nitrogens with zero attached hydrogens (tertiary/aromatic N) is 4. The fraction of sp³-hybridized carbons (Fsp3) is 0.568. The summed E-state index contributed by atoms with van der Waals surface area (Å²) in [6.45, 7) is 18.3. The Morgan fingerprint density at radius 2 is 1.75 bits per heavy atom. The Morgan fingerprint density at radius 1 is 1.02 bits per heavy atom. The van der Waals surface area contributed by atoms with Crippen molar-refractivity contribution in [3.8, 4) is 16.9 Å². The van der Waals surface area contributed by atoms with Gasteiger partial charge in [0, 0.05) is 50.3 Å². The molecule has 0 N–H and O–H groups in total. The zero-order valence-electron chi connectivity index (χ0n) is 29.9. The van der Waals surface area contributed by atoms with Crippen LogP contribution in [0.5, 0.6) is 5.75 Å². The molecule has 4 heterocycles. The maximum atomic E-state index is 12.5. The van der Waals surface area contributed by atoms with Gasteiger partial charge in [-0.05, 0) is 103 Å². The van der Waals surface area contributed by atoms with Crippen LogP contribution >= 0.6 is 0 Å².